The van der Waals surface area contributed by atoms with Gasteiger partial charge in [0.25, 0.3) is 0 Å². The Morgan fingerprint density at radius 2 is 2.14 bits per heavy atom. The number of aromatic nitrogens is 2. The fraction of sp³-hybridized carbons (Fsp3) is 0.571. The van der Waals surface area contributed by atoms with Crippen molar-refractivity contribution in [1.82, 2.24) is 9.97 Å². The maximum absolute atomic E-state index is 5.77. The van der Waals surface area contributed by atoms with Gasteiger partial charge in [-0.05, 0) is 18.9 Å². The molecule has 0 fully saturated rings. The number of nitrogens with two attached hydrogens (primary N) is 1. The number of hydrogen-bond acceptors (Lipinski definition) is 7. The van der Waals surface area contributed by atoms with Crippen LogP contribution in [0.15, 0.2) is 6.07 Å². The van der Waals surface area contributed by atoms with Crippen molar-refractivity contribution in [2.24, 2.45) is 0 Å². The van der Waals surface area contributed by atoms with Crippen LogP contribution < -0.4 is 11.1 Å². The van der Waals surface area contributed by atoms with Crippen molar-refractivity contribution in [3.05, 3.63) is 10.9 Å². The Balaban J connectivity index is 1.90. The standard InChI is InChI=1S/C14H22N4O2S/c1-3-10-9-11-12(17-14(15)18-13(11)21-10)16-5-4-6-20-8-7-19-2/h9H,3-8H2,1-2H3,(H3,15,16,17,18). The van der Waals surface area contributed by atoms with E-state index in [-0.39, 0.29) is 0 Å². The summed E-state index contributed by atoms with van der Waals surface area (Å²) < 4.78 is 10.3. The molecule has 0 bridgehead atoms. The lowest BCUT2D eigenvalue weighted by atomic mass is 10.3. The van der Waals surface area contributed by atoms with E-state index in [0.29, 0.717) is 25.8 Å². The number of nitrogens with zero attached hydrogens (tertiary/aromatic N) is 2. The maximum Gasteiger partial charge on any atom is 0.223 e. The summed E-state index contributed by atoms with van der Waals surface area (Å²) in [4.78, 5) is 10.8. The van der Waals surface area contributed by atoms with E-state index in [1.54, 1.807) is 18.4 Å². The van der Waals surface area contributed by atoms with E-state index in [1.165, 1.54) is 4.88 Å². The first kappa shape index (κ1) is 15.9. The van der Waals surface area contributed by atoms with E-state index in [1.807, 2.05) is 0 Å². The zero-order valence-electron chi connectivity index (χ0n) is 12.5. The molecule has 0 spiro atoms. The second-order valence-corrected chi connectivity index (χ2v) is 5.72. The topological polar surface area (TPSA) is 82.3 Å². The van der Waals surface area contributed by atoms with Crippen molar-refractivity contribution in [3.8, 4) is 0 Å². The first-order valence-corrected chi connectivity index (χ1v) is 7.92. The Labute approximate surface area is 128 Å². The van der Waals surface area contributed by atoms with Gasteiger partial charge in [-0.1, -0.05) is 6.92 Å². The summed E-state index contributed by atoms with van der Waals surface area (Å²) in [5.74, 6) is 1.12. The predicted octanol–water partition coefficient (Wildman–Crippen LogP) is 2.30. The van der Waals surface area contributed by atoms with Crippen LogP contribution in [0.4, 0.5) is 11.8 Å². The molecule has 21 heavy (non-hydrogen) atoms. The average molecular weight is 310 g/mol. The Kier molecular flexibility index (Phi) is 6.16. The summed E-state index contributed by atoms with van der Waals surface area (Å²) in [7, 11) is 1.67. The molecule has 0 aliphatic heterocycles. The quantitative estimate of drug-likeness (QED) is 0.692. The smallest absolute Gasteiger partial charge is 0.223 e. The second kappa shape index (κ2) is 8.11. The number of nitrogen functional groups attached to an aromatic ring is 1. The summed E-state index contributed by atoms with van der Waals surface area (Å²) in [5.41, 5.74) is 5.77. The molecule has 0 radical (unpaired) electrons. The fourth-order valence-corrected chi connectivity index (χ4v) is 2.90. The molecule has 2 rings (SSSR count). The molecule has 0 aliphatic carbocycles. The van der Waals surface area contributed by atoms with Gasteiger partial charge < -0.3 is 20.5 Å². The minimum absolute atomic E-state index is 0.311. The number of nitrogens with one attached hydrogen (secondary N) is 1. The van der Waals surface area contributed by atoms with Crippen molar-refractivity contribution in [3.63, 3.8) is 0 Å². The Bertz CT molecular complexity index is 573. The van der Waals surface area contributed by atoms with Crippen LogP contribution in [0, 0.1) is 0 Å². The Morgan fingerprint density at radius 3 is 2.90 bits per heavy atom. The first-order chi connectivity index (χ1) is 10.2. The van der Waals surface area contributed by atoms with Crippen LogP contribution in [-0.4, -0.2) is 43.4 Å². The highest BCUT2D eigenvalue weighted by Crippen LogP contribution is 2.29. The van der Waals surface area contributed by atoms with Gasteiger partial charge in [0.15, 0.2) is 0 Å². The third kappa shape index (κ3) is 4.52. The summed E-state index contributed by atoms with van der Waals surface area (Å²) in [6.45, 7) is 4.88. The minimum atomic E-state index is 0.311. The van der Waals surface area contributed by atoms with Crippen LogP contribution >= 0.6 is 11.3 Å². The number of methoxy groups -OCH3 is 1. The van der Waals surface area contributed by atoms with Gasteiger partial charge in [0.1, 0.15) is 10.6 Å². The van der Waals surface area contributed by atoms with Crippen molar-refractivity contribution in [1.29, 1.82) is 0 Å². The van der Waals surface area contributed by atoms with Gasteiger partial charge >= 0.3 is 0 Å². The van der Waals surface area contributed by atoms with Gasteiger partial charge in [-0.25, -0.2) is 4.98 Å². The lowest BCUT2D eigenvalue weighted by Crippen LogP contribution is -2.10. The minimum Gasteiger partial charge on any atom is -0.382 e. The summed E-state index contributed by atoms with van der Waals surface area (Å²) >= 11 is 1.67. The van der Waals surface area contributed by atoms with Crippen molar-refractivity contribution in [2.45, 2.75) is 19.8 Å². The van der Waals surface area contributed by atoms with Crippen LogP contribution in [0.1, 0.15) is 18.2 Å². The SMILES string of the molecule is CCc1cc2c(NCCCOCCOC)nc(N)nc2s1. The Hall–Kier alpha value is -1.44. The number of rotatable bonds is 9. The molecule has 2 aromatic rings. The van der Waals surface area contributed by atoms with Gasteiger partial charge in [-0.3, -0.25) is 0 Å². The molecule has 0 unspecified atom stereocenters. The molecule has 6 nitrogen and oxygen atoms in total. The van der Waals surface area contributed by atoms with Crippen LogP contribution in [0.5, 0.6) is 0 Å². The summed E-state index contributed by atoms with van der Waals surface area (Å²) in [5, 5.41) is 4.37. The lowest BCUT2D eigenvalue weighted by Gasteiger charge is -2.07. The fourth-order valence-electron chi connectivity index (χ4n) is 1.92. The number of hydrogen-bond donors (Lipinski definition) is 2. The normalized spacial score (nSPS) is 11.1. The van der Waals surface area contributed by atoms with Gasteiger partial charge in [0.05, 0.1) is 18.6 Å². The number of thiophene rings is 1. The molecule has 0 aliphatic rings. The van der Waals surface area contributed by atoms with E-state index in [2.05, 4.69) is 28.3 Å². The highest BCUT2D eigenvalue weighted by Gasteiger charge is 2.09. The molecule has 0 aromatic carbocycles. The van der Waals surface area contributed by atoms with Gasteiger partial charge in [0.2, 0.25) is 5.95 Å². The zero-order valence-corrected chi connectivity index (χ0v) is 13.3. The number of anilines is 2. The number of fused-ring (bicyclic) bond motifs is 1. The third-order valence-corrected chi connectivity index (χ3v) is 4.17. The Morgan fingerprint density at radius 1 is 1.29 bits per heavy atom. The molecule has 2 heterocycles. The first-order valence-electron chi connectivity index (χ1n) is 7.11. The number of aryl methyl sites for hydroxylation is 1. The molecular formula is C14H22N4O2S. The zero-order chi connectivity index (χ0) is 15.1. The molecule has 0 atom stereocenters. The van der Waals surface area contributed by atoms with E-state index in [4.69, 9.17) is 15.2 Å². The van der Waals surface area contributed by atoms with E-state index >= 15 is 0 Å². The molecule has 3 N–H and O–H groups in total. The molecule has 7 heteroatoms. The van der Waals surface area contributed by atoms with Crippen LogP contribution in [0.3, 0.4) is 0 Å². The molecule has 0 saturated heterocycles. The third-order valence-electron chi connectivity index (χ3n) is 3.00. The highest BCUT2D eigenvalue weighted by atomic mass is 32.1. The summed E-state index contributed by atoms with van der Waals surface area (Å²) in [6, 6.07) is 2.14. The average Bonchev–Trinajstić information content (AvgIpc) is 2.89. The van der Waals surface area contributed by atoms with Gasteiger partial charge in [-0.15, -0.1) is 11.3 Å². The van der Waals surface area contributed by atoms with E-state index < -0.39 is 0 Å². The second-order valence-electron chi connectivity index (χ2n) is 4.60. The highest BCUT2D eigenvalue weighted by molar-refractivity contribution is 7.18. The lowest BCUT2D eigenvalue weighted by molar-refractivity contribution is 0.0705. The maximum atomic E-state index is 5.77. The van der Waals surface area contributed by atoms with Gasteiger partial charge in [0, 0.05) is 25.1 Å². The van der Waals surface area contributed by atoms with Crippen LogP contribution in [-0.2, 0) is 15.9 Å². The molecule has 0 amide bonds. The van der Waals surface area contributed by atoms with Crippen LogP contribution in [0.2, 0.25) is 0 Å². The van der Waals surface area contributed by atoms with Crippen LogP contribution in [0.25, 0.3) is 10.2 Å². The molecule has 0 saturated carbocycles. The monoisotopic (exact) mass is 310 g/mol. The van der Waals surface area contributed by atoms with E-state index in [9.17, 15) is 0 Å². The predicted molar refractivity (Wildman–Crippen MR) is 87.0 cm³/mol. The van der Waals surface area contributed by atoms with Crippen molar-refractivity contribution >= 4 is 33.3 Å². The summed E-state index contributed by atoms with van der Waals surface area (Å²) in [6.07, 6.45) is 1.90. The molecule has 116 valence electrons. The molecular weight excluding hydrogens is 288 g/mol. The van der Waals surface area contributed by atoms with E-state index in [0.717, 1.165) is 35.4 Å². The largest absolute Gasteiger partial charge is 0.382 e. The van der Waals surface area contributed by atoms with Crippen molar-refractivity contribution in [2.75, 3.05) is 44.5 Å². The van der Waals surface area contributed by atoms with Gasteiger partial charge in [-0.2, -0.15) is 4.98 Å². The molecule has 2 aromatic heterocycles. The number of ether oxygens (including phenoxy) is 2. The van der Waals surface area contributed by atoms with Crippen molar-refractivity contribution < 1.29 is 9.47 Å².